The van der Waals surface area contributed by atoms with E-state index in [2.05, 4.69) is 34.6 Å². The Balaban J connectivity index is 1.44. The molecule has 2 aliphatic heterocycles. The fourth-order valence-corrected chi connectivity index (χ4v) is 6.24. The van der Waals surface area contributed by atoms with Crippen LogP contribution in [0.15, 0.2) is 12.1 Å². The van der Waals surface area contributed by atoms with Crippen molar-refractivity contribution in [2.24, 2.45) is 5.92 Å². The van der Waals surface area contributed by atoms with Crippen molar-refractivity contribution in [2.45, 2.75) is 56.6 Å². The van der Waals surface area contributed by atoms with Crippen molar-refractivity contribution in [2.75, 3.05) is 20.3 Å². The first-order valence-electron chi connectivity index (χ1n) is 10.5. The maximum atomic E-state index is 12.8. The average Bonchev–Trinajstić information content (AvgIpc) is 3.06. The molecule has 4 aliphatic rings. The van der Waals surface area contributed by atoms with Gasteiger partial charge in [-0.25, -0.2) is 0 Å². The molecule has 1 aromatic rings. The molecule has 5 rings (SSSR count). The number of piperidine rings is 1. The minimum atomic E-state index is -0.358. The molecule has 2 heterocycles. The molecule has 2 bridgehead atoms. The van der Waals surface area contributed by atoms with Crippen LogP contribution in [-0.2, 0) is 26.2 Å². The molecule has 154 valence electrons. The number of ketones is 1. The summed E-state index contributed by atoms with van der Waals surface area (Å²) in [5, 5.41) is 5.38. The Labute approximate surface area is 170 Å². The maximum absolute atomic E-state index is 12.8. The molecule has 2 amide bonds. The summed E-state index contributed by atoms with van der Waals surface area (Å²) in [4.78, 5) is 38.7. The highest BCUT2D eigenvalue weighted by atomic mass is 16.5. The summed E-state index contributed by atoms with van der Waals surface area (Å²) < 4.78 is 6.33. The summed E-state index contributed by atoms with van der Waals surface area (Å²) in [5.41, 5.74) is 3.48. The van der Waals surface area contributed by atoms with Gasteiger partial charge in [0.15, 0.2) is 11.9 Å². The van der Waals surface area contributed by atoms with Crippen LogP contribution < -0.4 is 15.4 Å². The molecule has 29 heavy (non-hydrogen) atoms. The van der Waals surface area contributed by atoms with E-state index in [4.69, 9.17) is 4.74 Å². The fraction of sp³-hybridized carbons (Fsp3) is 0.591. The second kappa shape index (κ2) is 6.55. The van der Waals surface area contributed by atoms with Gasteiger partial charge in [0.1, 0.15) is 12.2 Å². The second-order valence-electron chi connectivity index (χ2n) is 8.84. The number of hydrogen-bond acceptors (Lipinski definition) is 5. The lowest BCUT2D eigenvalue weighted by atomic mass is 9.51. The zero-order chi connectivity index (χ0) is 20.3. The highest BCUT2D eigenvalue weighted by Crippen LogP contribution is 2.61. The predicted octanol–water partition coefficient (Wildman–Crippen LogP) is 0.813. The third kappa shape index (κ3) is 2.56. The Kier molecular flexibility index (Phi) is 4.21. The lowest BCUT2D eigenvalue weighted by Gasteiger charge is -2.57. The number of carbonyl (C=O) groups is 3. The highest BCUT2D eigenvalue weighted by Gasteiger charge is 2.65. The first-order valence-corrected chi connectivity index (χ1v) is 10.5. The van der Waals surface area contributed by atoms with Gasteiger partial charge in [0.05, 0.1) is 6.67 Å². The number of aryl methyl sites for hydroxylation is 1. The SMILES string of the molecule is CNC(=O)CC(=O)NCN1CC[C@]23c4c5ccc(C)c4OC2C(=O)CC[C@H]3[C@H]1C5. The van der Waals surface area contributed by atoms with Gasteiger partial charge >= 0.3 is 0 Å². The molecule has 2 N–H and O–H groups in total. The van der Waals surface area contributed by atoms with Crippen LogP contribution in [0, 0.1) is 12.8 Å². The summed E-state index contributed by atoms with van der Waals surface area (Å²) in [6.07, 6.45) is 2.69. The average molecular weight is 397 g/mol. The van der Waals surface area contributed by atoms with Crippen molar-refractivity contribution in [3.05, 3.63) is 28.8 Å². The summed E-state index contributed by atoms with van der Waals surface area (Å²) in [5.74, 6) is 0.977. The van der Waals surface area contributed by atoms with E-state index in [-0.39, 0.29) is 41.6 Å². The molecular weight excluding hydrogens is 370 g/mol. The molecule has 1 spiro atoms. The molecule has 1 saturated heterocycles. The van der Waals surface area contributed by atoms with E-state index in [1.54, 1.807) is 0 Å². The number of hydrogen-bond donors (Lipinski definition) is 2. The number of rotatable bonds is 4. The molecule has 2 fully saturated rings. The van der Waals surface area contributed by atoms with Crippen LogP contribution in [0.4, 0.5) is 0 Å². The van der Waals surface area contributed by atoms with Crippen LogP contribution in [0.5, 0.6) is 5.75 Å². The van der Waals surface area contributed by atoms with E-state index < -0.39 is 0 Å². The van der Waals surface area contributed by atoms with Crippen molar-refractivity contribution in [3.8, 4) is 5.75 Å². The largest absolute Gasteiger partial charge is 0.481 e. The van der Waals surface area contributed by atoms with Crippen LogP contribution in [0.2, 0.25) is 0 Å². The Hall–Kier alpha value is -2.41. The minimum absolute atomic E-state index is 0.155. The van der Waals surface area contributed by atoms with E-state index in [1.165, 1.54) is 18.2 Å². The van der Waals surface area contributed by atoms with Gasteiger partial charge < -0.3 is 15.4 Å². The first kappa shape index (κ1) is 18.6. The summed E-state index contributed by atoms with van der Waals surface area (Å²) in [6.45, 7) is 3.30. The van der Waals surface area contributed by atoms with Crippen LogP contribution in [0.1, 0.15) is 42.4 Å². The molecule has 1 unspecified atom stereocenters. The van der Waals surface area contributed by atoms with Crippen molar-refractivity contribution in [3.63, 3.8) is 0 Å². The van der Waals surface area contributed by atoms with Gasteiger partial charge in [0, 0.05) is 37.0 Å². The van der Waals surface area contributed by atoms with Crippen LogP contribution in [0.3, 0.4) is 0 Å². The minimum Gasteiger partial charge on any atom is -0.481 e. The van der Waals surface area contributed by atoms with Gasteiger partial charge in [0.2, 0.25) is 11.8 Å². The smallest absolute Gasteiger partial charge is 0.230 e. The predicted molar refractivity (Wildman–Crippen MR) is 106 cm³/mol. The molecule has 1 aromatic carbocycles. The Morgan fingerprint density at radius 3 is 2.93 bits per heavy atom. The molecule has 7 heteroatoms. The van der Waals surface area contributed by atoms with Gasteiger partial charge in [-0.2, -0.15) is 0 Å². The second-order valence-corrected chi connectivity index (χ2v) is 8.84. The molecule has 7 nitrogen and oxygen atoms in total. The number of carbonyl (C=O) groups excluding carboxylic acids is 3. The lowest BCUT2D eigenvalue weighted by molar-refractivity contribution is -0.139. The van der Waals surface area contributed by atoms with E-state index in [1.807, 2.05) is 0 Å². The number of nitrogens with zero attached hydrogens (tertiary/aromatic N) is 1. The number of likely N-dealkylation sites (tertiary alicyclic amines) is 1. The van der Waals surface area contributed by atoms with Gasteiger partial charge in [-0.3, -0.25) is 19.3 Å². The van der Waals surface area contributed by atoms with Crippen molar-refractivity contribution in [1.29, 1.82) is 0 Å². The van der Waals surface area contributed by atoms with Gasteiger partial charge in [0.25, 0.3) is 0 Å². The maximum Gasteiger partial charge on any atom is 0.230 e. The highest BCUT2D eigenvalue weighted by molar-refractivity contribution is 5.96. The number of amides is 2. The molecule has 2 aliphatic carbocycles. The molecule has 0 radical (unpaired) electrons. The molecular formula is C22H27N3O4. The van der Waals surface area contributed by atoms with E-state index in [0.717, 1.165) is 37.1 Å². The first-order chi connectivity index (χ1) is 14.0. The van der Waals surface area contributed by atoms with E-state index in [9.17, 15) is 14.4 Å². The number of benzene rings is 1. The quantitative estimate of drug-likeness (QED) is 0.735. The van der Waals surface area contributed by atoms with Crippen LogP contribution in [0.25, 0.3) is 0 Å². The monoisotopic (exact) mass is 397 g/mol. The molecule has 1 saturated carbocycles. The van der Waals surface area contributed by atoms with Gasteiger partial charge in [-0.1, -0.05) is 12.1 Å². The molecule has 0 aromatic heterocycles. The fourth-order valence-electron chi connectivity index (χ4n) is 6.24. The van der Waals surface area contributed by atoms with Gasteiger partial charge in [-0.05, 0) is 43.2 Å². The Morgan fingerprint density at radius 1 is 1.31 bits per heavy atom. The number of Topliss-reactive ketones (excluding diaryl/α,β-unsaturated/α-hetero) is 1. The molecule has 4 atom stereocenters. The third-order valence-electron chi connectivity index (χ3n) is 7.52. The Bertz CT molecular complexity index is 914. The Morgan fingerprint density at radius 2 is 2.14 bits per heavy atom. The number of nitrogens with one attached hydrogen (secondary N) is 2. The zero-order valence-electron chi connectivity index (χ0n) is 16.9. The summed E-state index contributed by atoms with van der Waals surface area (Å²) in [7, 11) is 1.53. The third-order valence-corrected chi connectivity index (χ3v) is 7.52. The summed E-state index contributed by atoms with van der Waals surface area (Å²) in [6, 6.07) is 4.56. The lowest BCUT2D eigenvalue weighted by Crippen LogP contribution is -2.67. The van der Waals surface area contributed by atoms with E-state index >= 15 is 0 Å². The zero-order valence-corrected chi connectivity index (χ0v) is 16.9. The summed E-state index contributed by atoms with van der Waals surface area (Å²) >= 11 is 0. The van der Waals surface area contributed by atoms with Crippen molar-refractivity contribution in [1.82, 2.24) is 15.5 Å². The van der Waals surface area contributed by atoms with Crippen LogP contribution >= 0.6 is 0 Å². The standard InChI is InChI=1S/C22H27N3O4/c1-12-3-4-13-9-15-14-5-6-16(26)21-22(14,19(13)20(12)29-21)7-8-25(15)11-24-18(28)10-17(27)23-2/h3-4,14-15,21H,5-11H2,1-2H3,(H,23,27)(H,24,28)/t14-,15+,21?,22-/m0/s1. The normalized spacial score (nSPS) is 31.7. The van der Waals surface area contributed by atoms with E-state index in [0.29, 0.717) is 19.0 Å². The van der Waals surface area contributed by atoms with Crippen LogP contribution in [-0.4, -0.2) is 54.9 Å². The van der Waals surface area contributed by atoms with Gasteiger partial charge in [-0.15, -0.1) is 0 Å². The number of ether oxygens (including phenoxy) is 1. The topological polar surface area (TPSA) is 87.7 Å². The van der Waals surface area contributed by atoms with Crippen molar-refractivity contribution >= 4 is 17.6 Å². The van der Waals surface area contributed by atoms with Crippen molar-refractivity contribution < 1.29 is 19.1 Å².